The van der Waals surface area contributed by atoms with Gasteiger partial charge in [-0.15, -0.1) is 0 Å². The third kappa shape index (κ3) is 3.40. The van der Waals surface area contributed by atoms with Gasteiger partial charge in [-0.05, 0) is 35.7 Å². The van der Waals surface area contributed by atoms with E-state index in [9.17, 15) is 4.39 Å². The summed E-state index contributed by atoms with van der Waals surface area (Å²) in [4.78, 5) is 0. The molecule has 0 bridgehead atoms. The minimum Gasteiger partial charge on any atom is -0.494 e. The van der Waals surface area contributed by atoms with Gasteiger partial charge in [-0.1, -0.05) is 50.1 Å². The number of benzene rings is 2. The first-order chi connectivity index (χ1) is 9.52. The highest BCUT2D eigenvalue weighted by molar-refractivity contribution is 9.11. The van der Waals surface area contributed by atoms with Gasteiger partial charge >= 0.3 is 0 Å². The maximum absolute atomic E-state index is 14.1. The van der Waals surface area contributed by atoms with Gasteiger partial charge in [0.1, 0.15) is 0 Å². The summed E-state index contributed by atoms with van der Waals surface area (Å²) < 4.78 is 21.0. The Hall–Kier alpha value is -0.910. The van der Waals surface area contributed by atoms with Crippen LogP contribution in [0, 0.1) is 5.82 Å². The Morgan fingerprint density at radius 1 is 1.25 bits per heavy atom. The highest BCUT2D eigenvalue weighted by atomic mass is 79.9. The Labute approximate surface area is 134 Å². The quantitative estimate of drug-likeness (QED) is 0.810. The summed E-state index contributed by atoms with van der Waals surface area (Å²) in [6.07, 6.45) is 0.406. The van der Waals surface area contributed by atoms with Crippen molar-refractivity contribution in [3.8, 4) is 5.75 Å². The van der Waals surface area contributed by atoms with E-state index in [2.05, 4.69) is 31.9 Å². The lowest BCUT2D eigenvalue weighted by atomic mass is 9.99. The van der Waals surface area contributed by atoms with Gasteiger partial charge < -0.3 is 10.5 Å². The number of methoxy groups -OCH3 is 1. The van der Waals surface area contributed by atoms with Crippen LogP contribution in [0.5, 0.6) is 5.75 Å². The Bertz CT molecular complexity index is 619. The fourth-order valence-corrected chi connectivity index (χ4v) is 3.36. The van der Waals surface area contributed by atoms with Crippen molar-refractivity contribution in [3.63, 3.8) is 0 Å². The van der Waals surface area contributed by atoms with E-state index >= 15 is 0 Å². The minimum atomic E-state index is -0.348. The van der Waals surface area contributed by atoms with Crippen LogP contribution < -0.4 is 10.5 Å². The molecular weight excluding hydrogens is 389 g/mol. The molecule has 0 spiro atoms. The monoisotopic (exact) mass is 401 g/mol. The molecule has 1 atom stereocenters. The second-order valence-corrected chi connectivity index (χ2v) is 6.18. The van der Waals surface area contributed by atoms with E-state index in [1.807, 2.05) is 18.2 Å². The summed E-state index contributed by atoms with van der Waals surface area (Å²) in [5.41, 5.74) is 7.67. The lowest BCUT2D eigenvalue weighted by molar-refractivity contribution is 0.383. The van der Waals surface area contributed by atoms with Crippen LogP contribution in [-0.2, 0) is 6.42 Å². The molecule has 0 saturated heterocycles. The first-order valence-electron chi connectivity index (χ1n) is 6.05. The fraction of sp³-hybridized carbons (Fsp3) is 0.200. The summed E-state index contributed by atoms with van der Waals surface area (Å²) in [5.74, 6) is -0.108. The van der Waals surface area contributed by atoms with Crippen molar-refractivity contribution in [3.05, 3.63) is 62.3 Å². The van der Waals surface area contributed by atoms with Crippen molar-refractivity contribution in [2.75, 3.05) is 7.11 Å². The summed E-state index contributed by atoms with van der Waals surface area (Å²) in [6.45, 7) is 0. The normalized spacial score (nSPS) is 12.2. The lowest BCUT2D eigenvalue weighted by Gasteiger charge is -2.15. The number of halogens is 3. The van der Waals surface area contributed by atoms with Crippen LogP contribution in [0.1, 0.15) is 17.2 Å². The molecule has 0 aliphatic carbocycles. The number of hydrogen-bond acceptors (Lipinski definition) is 2. The lowest BCUT2D eigenvalue weighted by Crippen LogP contribution is -2.15. The van der Waals surface area contributed by atoms with Crippen molar-refractivity contribution in [2.45, 2.75) is 12.5 Å². The van der Waals surface area contributed by atoms with E-state index in [0.29, 0.717) is 12.0 Å². The smallest absolute Gasteiger partial charge is 0.168 e. The zero-order chi connectivity index (χ0) is 14.7. The molecule has 0 amide bonds. The van der Waals surface area contributed by atoms with Crippen molar-refractivity contribution >= 4 is 31.9 Å². The highest BCUT2D eigenvalue weighted by Gasteiger charge is 2.15. The molecule has 20 heavy (non-hydrogen) atoms. The zero-order valence-electron chi connectivity index (χ0n) is 10.9. The predicted octanol–water partition coefficient (Wildman–Crippen LogP) is 4.60. The van der Waals surface area contributed by atoms with Crippen molar-refractivity contribution in [1.82, 2.24) is 0 Å². The minimum absolute atomic E-state index is 0.240. The summed E-state index contributed by atoms with van der Waals surface area (Å²) in [6, 6.07) is 10.6. The first kappa shape index (κ1) is 15.5. The van der Waals surface area contributed by atoms with E-state index in [-0.39, 0.29) is 17.6 Å². The SMILES string of the molecule is COc1cccc(CC(N)c2ccc(Br)cc2Br)c1F. The molecule has 2 N–H and O–H groups in total. The Morgan fingerprint density at radius 3 is 2.65 bits per heavy atom. The zero-order valence-corrected chi connectivity index (χ0v) is 14.0. The van der Waals surface area contributed by atoms with E-state index in [1.165, 1.54) is 7.11 Å². The summed E-state index contributed by atoms with van der Waals surface area (Å²) in [7, 11) is 1.45. The third-order valence-corrected chi connectivity index (χ3v) is 4.24. The number of rotatable bonds is 4. The van der Waals surface area contributed by atoms with Gasteiger partial charge in [0.2, 0.25) is 0 Å². The molecular formula is C15H14Br2FNO. The topological polar surface area (TPSA) is 35.2 Å². The summed E-state index contributed by atoms with van der Waals surface area (Å²) in [5, 5.41) is 0. The maximum Gasteiger partial charge on any atom is 0.168 e. The number of ether oxygens (including phenoxy) is 1. The second-order valence-electron chi connectivity index (χ2n) is 4.41. The van der Waals surface area contributed by atoms with Crippen LogP contribution in [-0.4, -0.2) is 7.11 Å². The average molecular weight is 403 g/mol. The van der Waals surface area contributed by atoms with Crippen LogP contribution in [0.4, 0.5) is 4.39 Å². The molecule has 0 saturated carbocycles. The van der Waals surface area contributed by atoms with Crippen molar-refractivity contribution in [2.24, 2.45) is 5.73 Å². The Kier molecular flexibility index (Phi) is 5.18. The second kappa shape index (κ2) is 6.70. The van der Waals surface area contributed by atoms with Gasteiger partial charge in [-0.25, -0.2) is 4.39 Å². The van der Waals surface area contributed by atoms with Gasteiger partial charge in [0.15, 0.2) is 11.6 Å². The summed E-state index contributed by atoms with van der Waals surface area (Å²) >= 11 is 6.87. The van der Waals surface area contributed by atoms with E-state index in [1.54, 1.807) is 18.2 Å². The Morgan fingerprint density at radius 2 is 2.00 bits per heavy atom. The highest BCUT2D eigenvalue weighted by Crippen LogP contribution is 2.29. The number of nitrogens with two attached hydrogens (primary N) is 1. The van der Waals surface area contributed by atoms with Crippen LogP contribution in [0.3, 0.4) is 0 Å². The van der Waals surface area contributed by atoms with Gasteiger partial charge in [0.05, 0.1) is 7.11 Å². The molecule has 0 aliphatic rings. The standard InChI is InChI=1S/C15H14Br2FNO/c1-20-14-4-2-3-9(15(14)18)7-13(19)11-6-5-10(16)8-12(11)17/h2-6,8,13H,7,19H2,1H3. The molecule has 0 aliphatic heterocycles. The molecule has 0 heterocycles. The number of hydrogen-bond donors (Lipinski definition) is 1. The molecule has 2 nitrogen and oxygen atoms in total. The molecule has 5 heteroatoms. The predicted molar refractivity (Wildman–Crippen MR) is 85.4 cm³/mol. The molecule has 0 fully saturated rings. The van der Waals surface area contributed by atoms with E-state index in [4.69, 9.17) is 10.5 Å². The van der Waals surface area contributed by atoms with Crippen LogP contribution >= 0.6 is 31.9 Å². The van der Waals surface area contributed by atoms with Gasteiger partial charge in [-0.2, -0.15) is 0 Å². The first-order valence-corrected chi connectivity index (χ1v) is 7.63. The van der Waals surface area contributed by atoms with E-state index < -0.39 is 0 Å². The molecule has 1 unspecified atom stereocenters. The van der Waals surface area contributed by atoms with Crippen molar-refractivity contribution in [1.29, 1.82) is 0 Å². The molecule has 2 aromatic rings. The van der Waals surface area contributed by atoms with Crippen molar-refractivity contribution < 1.29 is 9.13 Å². The average Bonchev–Trinajstić information content (AvgIpc) is 2.41. The third-order valence-electron chi connectivity index (χ3n) is 3.06. The van der Waals surface area contributed by atoms with Crippen LogP contribution in [0.25, 0.3) is 0 Å². The molecule has 2 rings (SSSR count). The van der Waals surface area contributed by atoms with E-state index in [0.717, 1.165) is 14.5 Å². The van der Waals surface area contributed by atoms with Gasteiger partial charge in [-0.3, -0.25) is 0 Å². The Balaban J connectivity index is 2.25. The molecule has 106 valence electrons. The molecule has 0 aromatic heterocycles. The fourth-order valence-electron chi connectivity index (χ4n) is 2.02. The van der Waals surface area contributed by atoms with Crippen LogP contribution in [0.15, 0.2) is 45.3 Å². The van der Waals surface area contributed by atoms with Crippen LogP contribution in [0.2, 0.25) is 0 Å². The largest absolute Gasteiger partial charge is 0.494 e. The van der Waals surface area contributed by atoms with Gasteiger partial charge in [0, 0.05) is 15.0 Å². The molecule has 2 aromatic carbocycles. The molecule has 0 radical (unpaired) electrons. The van der Waals surface area contributed by atoms with Gasteiger partial charge in [0.25, 0.3) is 0 Å². The maximum atomic E-state index is 14.1.